The van der Waals surface area contributed by atoms with E-state index in [0.717, 1.165) is 11.1 Å². The first-order valence-electron chi connectivity index (χ1n) is 7.71. The average Bonchev–Trinajstić information content (AvgIpc) is 2.62. The van der Waals surface area contributed by atoms with Gasteiger partial charge in [0.15, 0.2) is 6.10 Å². The molecule has 0 N–H and O–H groups in total. The van der Waals surface area contributed by atoms with Crippen molar-refractivity contribution >= 4 is 5.97 Å². The zero-order valence-corrected chi connectivity index (χ0v) is 13.6. The second-order valence-electron chi connectivity index (χ2n) is 5.10. The summed E-state index contributed by atoms with van der Waals surface area (Å²) in [7, 11) is 0. The molecule has 2 aromatic carbocycles. The highest BCUT2D eigenvalue weighted by Gasteiger charge is 2.13. The van der Waals surface area contributed by atoms with E-state index in [9.17, 15) is 4.79 Å². The Morgan fingerprint density at radius 2 is 1.50 bits per heavy atom. The largest absolute Gasteiger partial charge is 0.444 e. The van der Waals surface area contributed by atoms with Crippen molar-refractivity contribution in [1.29, 1.82) is 0 Å². The molecule has 0 amide bonds. The van der Waals surface area contributed by atoms with Crippen LogP contribution in [0.4, 0.5) is 0 Å². The van der Waals surface area contributed by atoms with Gasteiger partial charge >= 0.3 is 5.97 Å². The highest BCUT2D eigenvalue weighted by Crippen LogP contribution is 2.20. The van der Waals surface area contributed by atoms with E-state index < -0.39 is 12.2 Å². The Kier molecular flexibility index (Phi) is 6.82. The molecule has 0 spiro atoms. The van der Waals surface area contributed by atoms with Crippen LogP contribution in [-0.4, -0.2) is 12.6 Å². The molecule has 2 atom stereocenters. The van der Waals surface area contributed by atoms with Crippen LogP contribution in [0.15, 0.2) is 73.3 Å². The number of rotatable bonds is 6. The van der Waals surface area contributed by atoms with Crippen molar-refractivity contribution in [2.24, 2.45) is 0 Å². The lowest BCUT2D eigenvalue weighted by Gasteiger charge is -2.14. The molecule has 0 fully saturated rings. The third-order valence-corrected chi connectivity index (χ3v) is 3.21. The van der Waals surface area contributed by atoms with Gasteiger partial charge in [-0.2, -0.15) is 0 Å². The summed E-state index contributed by atoms with van der Waals surface area (Å²) in [6.45, 7) is 5.43. The van der Waals surface area contributed by atoms with Gasteiger partial charge in [-0.15, -0.1) is 6.58 Å². The maximum absolute atomic E-state index is 11.4. The van der Waals surface area contributed by atoms with Gasteiger partial charge in [-0.1, -0.05) is 78.6 Å². The minimum absolute atomic E-state index is 0.374. The van der Waals surface area contributed by atoms with Crippen LogP contribution < -0.4 is 0 Å². The number of ether oxygens (including phenoxy) is 2. The van der Waals surface area contributed by atoms with Crippen molar-refractivity contribution in [2.75, 3.05) is 6.61 Å². The van der Waals surface area contributed by atoms with Crippen LogP contribution >= 0.6 is 0 Å². The minimum Gasteiger partial charge on any atom is -0.444 e. The SMILES string of the molecule is C=CCOC(C#CC(OC(C)=O)c1ccccc1)c1ccccc1. The lowest BCUT2D eigenvalue weighted by atomic mass is 10.1. The molecule has 2 rings (SSSR count). The fourth-order valence-electron chi connectivity index (χ4n) is 2.14. The molecule has 0 bridgehead atoms. The van der Waals surface area contributed by atoms with E-state index in [1.165, 1.54) is 6.92 Å². The predicted octanol–water partition coefficient (Wildman–Crippen LogP) is 4.24. The smallest absolute Gasteiger partial charge is 0.304 e. The van der Waals surface area contributed by atoms with Crippen molar-refractivity contribution in [1.82, 2.24) is 0 Å². The molecule has 0 heterocycles. The average molecular weight is 320 g/mol. The summed E-state index contributed by atoms with van der Waals surface area (Å²) in [4.78, 5) is 11.4. The molecule has 122 valence electrons. The Morgan fingerprint density at radius 3 is 2.00 bits per heavy atom. The molecule has 3 heteroatoms. The number of hydrogen-bond donors (Lipinski definition) is 0. The van der Waals surface area contributed by atoms with Gasteiger partial charge in [-0.25, -0.2) is 0 Å². The van der Waals surface area contributed by atoms with E-state index in [-0.39, 0.29) is 5.97 Å². The highest BCUT2D eigenvalue weighted by atomic mass is 16.5. The molecule has 0 saturated carbocycles. The van der Waals surface area contributed by atoms with Gasteiger partial charge in [-0.05, 0) is 5.56 Å². The van der Waals surface area contributed by atoms with Gasteiger partial charge in [0, 0.05) is 12.5 Å². The van der Waals surface area contributed by atoms with E-state index in [0.29, 0.717) is 6.61 Å². The maximum atomic E-state index is 11.4. The van der Waals surface area contributed by atoms with Gasteiger partial charge in [0.2, 0.25) is 0 Å². The van der Waals surface area contributed by atoms with Crippen molar-refractivity contribution in [3.63, 3.8) is 0 Å². The zero-order valence-electron chi connectivity index (χ0n) is 13.6. The Bertz CT molecular complexity index is 711. The quantitative estimate of drug-likeness (QED) is 0.454. The fourth-order valence-corrected chi connectivity index (χ4v) is 2.14. The molecular formula is C21H20O3. The Hall–Kier alpha value is -2.83. The number of benzene rings is 2. The van der Waals surface area contributed by atoms with Crippen LogP contribution in [0.1, 0.15) is 30.3 Å². The lowest BCUT2D eigenvalue weighted by molar-refractivity contribution is -0.144. The predicted molar refractivity (Wildman–Crippen MR) is 94.1 cm³/mol. The number of carbonyl (C=O) groups excluding carboxylic acids is 1. The molecule has 0 aliphatic heterocycles. The molecule has 0 aliphatic rings. The molecule has 2 unspecified atom stereocenters. The van der Waals surface area contributed by atoms with Crippen LogP contribution in [0.2, 0.25) is 0 Å². The number of esters is 1. The van der Waals surface area contributed by atoms with Gasteiger partial charge < -0.3 is 9.47 Å². The highest BCUT2D eigenvalue weighted by molar-refractivity contribution is 5.66. The zero-order chi connectivity index (χ0) is 17.2. The second-order valence-corrected chi connectivity index (χ2v) is 5.10. The van der Waals surface area contributed by atoms with E-state index in [4.69, 9.17) is 9.47 Å². The standard InChI is InChI=1S/C21H20O3/c1-3-16-23-20(18-10-6-4-7-11-18)14-15-21(24-17(2)22)19-12-8-5-9-13-19/h3-13,20-21H,1,16H2,2H3. The van der Waals surface area contributed by atoms with E-state index in [2.05, 4.69) is 18.4 Å². The fraction of sp³-hybridized carbons (Fsp3) is 0.190. The van der Waals surface area contributed by atoms with Crippen LogP contribution in [0.5, 0.6) is 0 Å². The second kappa shape index (κ2) is 9.34. The number of carbonyl (C=O) groups is 1. The molecule has 2 aromatic rings. The Labute approximate surface area is 142 Å². The molecule has 0 aliphatic carbocycles. The van der Waals surface area contributed by atoms with Crippen molar-refractivity contribution in [3.8, 4) is 11.8 Å². The monoisotopic (exact) mass is 320 g/mol. The summed E-state index contributed by atoms with van der Waals surface area (Å²) < 4.78 is 11.1. The lowest BCUT2D eigenvalue weighted by Crippen LogP contribution is -2.08. The van der Waals surface area contributed by atoms with Crippen LogP contribution in [0.3, 0.4) is 0 Å². The summed E-state index contributed by atoms with van der Waals surface area (Å²) in [5, 5.41) is 0. The normalized spacial score (nSPS) is 12.4. The van der Waals surface area contributed by atoms with Crippen molar-refractivity contribution in [2.45, 2.75) is 19.1 Å². The Morgan fingerprint density at radius 1 is 1.00 bits per heavy atom. The van der Waals surface area contributed by atoms with Gasteiger partial charge in [0.25, 0.3) is 0 Å². The van der Waals surface area contributed by atoms with E-state index >= 15 is 0 Å². The topological polar surface area (TPSA) is 35.5 Å². The molecule has 0 saturated heterocycles. The maximum Gasteiger partial charge on any atom is 0.304 e. The first-order chi connectivity index (χ1) is 11.7. The molecular weight excluding hydrogens is 300 g/mol. The summed E-state index contributed by atoms with van der Waals surface area (Å²) >= 11 is 0. The molecule has 0 aromatic heterocycles. The van der Waals surface area contributed by atoms with E-state index in [1.54, 1.807) is 6.08 Å². The van der Waals surface area contributed by atoms with Crippen LogP contribution in [-0.2, 0) is 14.3 Å². The van der Waals surface area contributed by atoms with Gasteiger partial charge in [-0.3, -0.25) is 4.79 Å². The summed E-state index contributed by atoms with van der Waals surface area (Å²) in [5.41, 5.74) is 1.78. The first-order valence-corrected chi connectivity index (χ1v) is 7.71. The van der Waals surface area contributed by atoms with Crippen LogP contribution in [0, 0.1) is 11.8 Å². The molecule has 3 nitrogen and oxygen atoms in total. The van der Waals surface area contributed by atoms with Crippen molar-refractivity contribution < 1.29 is 14.3 Å². The molecule has 24 heavy (non-hydrogen) atoms. The summed E-state index contributed by atoms with van der Waals surface area (Å²) in [5.74, 6) is 5.73. The third-order valence-electron chi connectivity index (χ3n) is 3.21. The summed E-state index contributed by atoms with van der Waals surface area (Å²) in [6.07, 6.45) is 0.645. The summed E-state index contributed by atoms with van der Waals surface area (Å²) in [6, 6.07) is 19.1. The first kappa shape index (κ1) is 17.5. The number of hydrogen-bond acceptors (Lipinski definition) is 3. The Balaban J connectivity index is 2.27. The van der Waals surface area contributed by atoms with Crippen LogP contribution in [0.25, 0.3) is 0 Å². The van der Waals surface area contributed by atoms with Crippen molar-refractivity contribution in [3.05, 3.63) is 84.4 Å². The van der Waals surface area contributed by atoms with Gasteiger partial charge in [0.05, 0.1) is 6.61 Å². The van der Waals surface area contributed by atoms with Gasteiger partial charge in [0.1, 0.15) is 6.10 Å². The van der Waals surface area contributed by atoms with E-state index in [1.807, 2.05) is 60.7 Å². The molecule has 0 radical (unpaired) electrons. The minimum atomic E-state index is -0.623. The third kappa shape index (κ3) is 5.42.